The van der Waals surface area contributed by atoms with Gasteiger partial charge in [-0.15, -0.1) is 0 Å². The van der Waals surface area contributed by atoms with E-state index in [2.05, 4.69) is 25.2 Å². The van der Waals surface area contributed by atoms with E-state index in [0.717, 1.165) is 11.3 Å². The lowest BCUT2D eigenvalue weighted by molar-refractivity contribution is 0.0594. The predicted octanol–water partition coefficient (Wildman–Crippen LogP) is 0.786. The van der Waals surface area contributed by atoms with Crippen LogP contribution in [0.2, 0.25) is 0 Å². The summed E-state index contributed by atoms with van der Waals surface area (Å²) in [6, 6.07) is 3.37. The Morgan fingerprint density at radius 2 is 2.44 bits per heavy atom. The number of rotatable bonds is 4. The summed E-state index contributed by atoms with van der Waals surface area (Å²) in [6.45, 7) is 0.507. The molecular weight excluding hydrogens is 234 g/mol. The van der Waals surface area contributed by atoms with Crippen LogP contribution in [0.15, 0.2) is 24.5 Å². The minimum Gasteiger partial charge on any atom is -0.464 e. The molecule has 0 saturated carbocycles. The first-order valence-corrected chi connectivity index (χ1v) is 5.26. The van der Waals surface area contributed by atoms with Crippen LogP contribution in [-0.4, -0.2) is 28.3 Å². The molecule has 2 rings (SSSR count). The van der Waals surface area contributed by atoms with Gasteiger partial charge in [0.15, 0.2) is 0 Å². The molecule has 7 heteroatoms. The molecular formula is C11H13N5O2. The first kappa shape index (κ1) is 11.9. The Hall–Kier alpha value is -2.57. The maximum absolute atomic E-state index is 11.3. The van der Waals surface area contributed by atoms with Crippen molar-refractivity contribution in [3.63, 3.8) is 0 Å². The molecule has 2 heterocycles. The van der Waals surface area contributed by atoms with Crippen molar-refractivity contribution in [2.24, 2.45) is 0 Å². The summed E-state index contributed by atoms with van der Waals surface area (Å²) in [5, 5.41) is 9.58. The van der Waals surface area contributed by atoms with Crippen LogP contribution in [0, 0.1) is 0 Å². The Kier molecular flexibility index (Phi) is 3.42. The van der Waals surface area contributed by atoms with Gasteiger partial charge in [0, 0.05) is 24.0 Å². The molecule has 2 aromatic heterocycles. The quantitative estimate of drug-likeness (QED) is 0.689. The van der Waals surface area contributed by atoms with Gasteiger partial charge in [0.2, 0.25) is 0 Å². The van der Waals surface area contributed by atoms with Crippen LogP contribution >= 0.6 is 0 Å². The number of carbonyl (C=O) groups excluding carboxylic acids is 1. The van der Waals surface area contributed by atoms with E-state index in [1.165, 1.54) is 13.3 Å². The number of esters is 1. The Morgan fingerprint density at radius 1 is 1.61 bits per heavy atom. The third kappa shape index (κ3) is 2.57. The van der Waals surface area contributed by atoms with E-state index < -0.39 is 5.97 Å². The number of H-pyrrole nitrogens is 1. The molecule has 2 aromatic rings. The lowest BCUT2D eigenvalue weighted by Crippen LogP contribution is -2.06. The van der Waals surface area contributed by atoms with Gasteiger partial charge in [-0.25, -0.2) is 9.78 Å². The summed E-state index contributed by atoms with van der Waals surface area (Å²) >= 11 is 0. The smallest absolute Gasteiger partial charge is 0.356 e. The SMILES string of the molecule is COC(=O)c1cc(NCc2cn[nH]c2N)ccn1. The first-order valence-electron chi connectivity index (χ1n) is 5.26. The Bertz CT molecular complexity index is 552. The number of carbonyl (C=O) groups is 1. The van der Waals surface area contributed by atoms with Crippen LogP contribution < -0.4 is 11.1 Å². The van der Waals surface area contributed by atoms with E-state index >= 15 is 0 Å². The van der Waals surface area contributed by atoms with Crippen molar-refractivity contribution in [2.45, 2.75) is 6.54 Å². The molecule has 0 fully saturated rings. The second-order valence-corrected chi connectivity index (χ2v) is 3.58. The Balaban J connectivity index is 2.06. The van der Waals surface area contributed by atoms with Gasteiger partial charge in [0.1, 0.15) is 11.5 Å². The molecule has 0 bridgehead atoms. The fourth-order valence-corrected chi connectivity index (χ4v) is 1.42. The summed E-state index contributed by atoms with van der Waals surface area (Å²) in [5.74, 6) is 0.0474. The van der Waals surface area contributed by atoms with Gasteiger partial charge in [0.05, 0.1) is 13.3 Å². The maximum atomic E-state index is 11.3. The topological polar surface area (TPSA) is 106 Å². The number of anilines is 2. The number of nitrogens with zero attached hydrogens (tertiary/aromatic N) is 2. The van der Waals surface area contributed by atoms with Gasteiger partial charge in [0.25, 0.3) is 0 Å². The minimum atomic E-state index is -0.471. The highest BCUT2D eigenvalue weighted by Gasteiger charge is 2.07. The molecule has 4 N–H and O–H groups in total. The van der Waals surface area contributed by atoms with Gasteiger partial charge in [-0.3, -0.25) is 5.10 Å². The molecule has 18 heavy (non-hydrogen) atoms. The van der Waals surface area contributed by atoms with Crippen molar-refractivity contribution in [2.75, 3.05) is 18.2 Å². The third-order valence-electron chi connectivity index (χ3n) is 2.39. The molecule has 0 aromatic carbocycles. The fraction of sp³-hybridized carbons (Fsp3) is 0.182. The molecule has 7 nitrogen and oxygen atoms in total. The number of aromatic nitrogens is 3. The molecule has 0 aliphatic rings. The molecule has 0 aliphatic heterocycles. The largest absolute Gasteiger partial charge is 0.464 e. The highest BCUT2D eigenvalue weighted by Crippen LogP contribution is 2.12. The van der Waals surface area contributed by atoms with Gasteiger partial charge in [-0.2, -0.15) is 5.10 Å². The number of hydrogen-bond acceptors (Lipinski definition) is 6. The normalized spacial score (nSPS) is 10.1. The van der Waals surface area contributed by atoms with Crippen molar-refractivity contribution in [3.8, 4) is 0 Å². The lowest BCUT2D eigenvalue weighted by Gasteiger charge is -2.06. The molecule has 0 spiro atoms. The van der Waals surface area contributed by atoms with Gasteiger partial charge >= 0.3 is 5.97 Å². The number of nitrogens with one attached hydrogen (secondary N) is 2. The maximum Gasteiger partial charge on any atom is 0.356 e. The number of aromatic amines is 1. The van der Waals surface area contributed by atoms with Crippen molar-refractivity contribution < 1.29 is 9.53 Å². The number of ether oxygens (including phenoxy) is 1. The van der Waals surface area contributed by atoms with E-state index in [1.54, 1.807) is 18.3 Å². The van der Waals surface area contributed by atoms with E-state index in [1.807, 2.05) is 0 Å². The molecule has 0 radical (unpaired) electrons. The number of pyridine rings is 1. The van der Waals surface area contributed by atoms with Crippen LogP contribution in [0.25, 0.3) is 0 Å². The van der Waals surface area contributed by atoms with Gasteiger partial charge in [-0.1, -0.05) is 0 Å². The molecule has 0 aliphatic carbocycles. The average Bonchev–Trinajstić information content (AvgIpc) is 2.81. The van der Waals surface area contributed by atoms with Crippen LogP contribution in [0.3, 0.4) is 0 Å². The van der Waals surface area contributed by atoms with Crippen molar-refractivity contribution in [1.29, 1.82) is 0 Å². The lowest BCUT2D eigenvalue weighted by atomic mass is 10.3. The zero-order valence-corrected chi connectivity index (χ0v) is 9.80. The molecule has 0 saturated heterocycles. The van der Waals surface area contributed by atoms with Crippen molar-refractivity contribution in [1.82, 2.24) is 15.2 Å². The minimum absolute atomic E-state index is 0.252. The molecule has 0 atom stereocenters. The predicted molar refractivity (Wildman–Crippen MR) is 65.9 cm³/mol. The summed E-state index contributed by atoms with van der Waals surface area (Å²) in [7, 11) is 1.32. The molecule has 94 valence electrons. The Labute approximate surface area is 103 Å². The second-order valence-electron chi connectivity index (χ2n) is 3.58. The second kappa shape index (κ2) is 5.17. The number of methoxy groups -OCH3 is 1. The standard InChI is InChI=1S/C11H13N5O2/c1-18-11(17)9-4-8(2-3-13-9)14-5-7-6-15-16-10(7)12/h2-4,6H,5H2,1H3,(H,13,14)(H3,12,15,16). The zero-order valence-electron chi connectivity index (χ0n) is 9.80. The Morgan fingerprint density at radius 3 is 3.11 bits per heavy atom. The van der Waals surface area contributed by atoms with Crippen LogP contribution in [0.5, 0.6) is 0 Å². The summed E-state index contributed by atoms with van der Waals surface area (Å²) in [5.41, 5.74) is 7.52. The fourth-order valence-electron chi connectivity index (χ4n) is 1.42. The van der Waals surface area contributed by atoms with Crippen molar-refractivity contribution in [3.05, 3.63) is 35.8 Å². The van der Waals surface area contributed by atoms with Crippen LogP contribution in [0.1, 0.15) is 16.1 Å². The van der Waals surface area contributed by atoms with Crippen LogP contribution in [0.4, 0.5) is 11.5 Å². The zero-order chi connectivity index (χ0) is 13.0. The first-order chi connectivity index (χ1) is 8.70. The summed E-state index contributed by atoms with van der Waals surface area (Å²) in [4.78, 5) is 15.2. The summed E-state index contributed by atoms with van der Waals surface area (Å²) < 4.78 is 4.60. The van der Waals surface area contributed by atoms with Crippen LogP contribution in [-0.2, 0) is 11.3 Å². The molecule has 0 amide bonds. The van der Waals surface area contributed by atoms with E-state index in [9.17, 15) is 4.79 Å². The monoisotopic (exact) mass is 247 g/mol. The highest BCUT2D eigenvalue weighted by molar-refractivity contribution is 5.88. The molecule has 0 unspecified atom stereocenters. The highest BCUT2D eigenvalue weighted by atomic mass is 16.5. The van der Waals surface area contributed by atoms with Crippen molar-refractivity contribution >= 4 is 17.5 Å². The van der Waals surface area contributed by atoms with E-state index in [0.29, 0.717) is 12.4 Å². The average molecular weight is 247 g/mol. The number of nitrogens with two attached hydrogens (primary N) is 1. The third-order valence-corrected chi connectivity index (χ3v) is 2.39. The number of nitrogen functional groups attached to an aromatic ring is 1. The van der Waals surface area contributed by atoms with Gasteiger partial charge in [-0.05, 0) is 12.1 Å². The summed E-state index contributed by atoms with van der Waals surface area (Å²) in [6.07, 6.45) is 3.18. The number of hydrogen-bond donors (Lipinski definition) is 3. The van der Waals surface area contributed by atoms with Gasteiger partial charge < -0.3 is 15.8 Å². The van der Waals surface area contributed by atoms with E-state index in [-0.39, 0.29) is 5.69 Å². The van der Waals surface area contributed by atoms with E-state index in [4.69, 9.17) is 5.73 Å².